The lowest BCUT2D eigenvalue weighted by molar-refractivity contribution is -0.162. The molecule has 0 amide bonds. The molecule has 18 heavy (non-hydrogen) atoms. The number of rotatable bonds is 2. The second kappa shape index (κ2) is 3.92. The SMILES string of the molecule is CC1(CC(=O)O)CC(=O)C2(C=CCCC2(C)C)O1. The number of aliphatic carboxylic acids is 1. The molecular formula is C14H20O4. The molecule has 1 fully saturated rings. The highest BCUT2D eigenvalue weighted by molar-refractivity contribution is 5.94. The predicted octanol–water partition coefficient (Wildman–Crippen LogP) is 2.32. The van der Waals surface area contributed by atoms with Gasteiger partial charge in [-0.3, -0.25) is 9.59 Å². The Balaban J connectivity index is 2.36. The monoisotopic (exact) mass is 252 g/mol. The summed E-state index contributed by atoms with van der Waals surface area (Å²) in [4.78, 5) is 23.3. The van der Waals surface area contributed by atoms with Gasteiger partial charge >= 0.3 is 5.97 Å². The van der Waals surface area contributed by atoms with Crippen molar-refractivity contribution in [1.29, 1.82) is 0 Å². The average molecular weight is 252 g/mol. The number of ketones is 1. The van der Waals surface area contributed by atoms with E-state index in [1.807, 2.05) is 26.0 Å². The van der Waals surface area contributed by atoms with E-state index in [0.717, 1.165) is 12.8 Å². The number of carboxylic acid groups (broad SMARTS) is 1. The molecule has 0 aromatic heterocycles. The molecule has 0 aromatic carbocycles. The largest absolute Gasteiger partial charge is 0.481 e. The molecule has 1 N–H and O–H groups in total. The van der Waals surface area contributed by atoms with Gasteiger partial charge in [-0.05, 0) is 25.8 Å². The summed E-state index contributed by atoms with van der Waals surface area (Å²) in [6.45, 7) is 5.74. The fraction of sp³-hybridized carbons (Fsp3) is 0.714. The standard InChI is InChI=1S/C14H20O4/c1-12(2)6-4-5-7-14(12)10(15)8-13(3,18-14)9-11(16)17/h5,7H,4,6,8-9H2,1-3H3,(H,16,17). The summed E-state index contributed by atoms with van der Waals surface area (Å²) in [7, 11) is 0. The maximum absolute atomic E-state index is 12.4. The summed E-state index contributed by atoms with van der Waals surface area (Å²) < 4.78 is 6.00. The second-order valence-electron chi connectivity index (χ2n) is 6.28. The summed E-state index contributed by atoms with van der Waals surface area (Å²) >= 11 is 0. The molecule has 4 heteroatoms. The first-order valence-corrected chi connectivity index (χ1v) is 6.34. The molecule has 1 spiro atoms. The van der Waals surface area contributed by atoms with E-state index in [2.05, 4.69) is 0 Å². The number of carboxylic acids is 1. The molecule has 0 aromatic rings. The molecule has 1 aliphatic carbocycles. The number of Topliss-reactive ketones (excluding diaryl/α,β-unsaturated/α-hetero) is 1. The molecule has 0 radical (unpaired) electrons. The fourth-order valence-corrected chi connectivity index (χ4v) is 3.12. The lowest BCUT2D eigenvalue weighted by Gasteiger charge is -2.44. The van der Waals surface area contributed by atoms with Gasteiger partial charge in [0.2, 0.25) is 0 Å². The van der Waals surface area contributed by atoms with Crippen LogP contribution < -0.4 is 0 Å². The van der Waals surface area contributed by atoms with E-state index in [-0.39, 0.29) is 24.0 Å². The van der Waals surface area contributed by atoms with Gasteiger partial charge in [-0.25, -0.2) is 0 Å². The number of hydrogen-bond acceptors (Lipinski definition) is 3. The zero-order valence-corrected chi connectivity index (χ0v) is 11.2. The van der Waals surface area contributed by atoms with E-state index in [0.29, 0.717) is 0 Å². The maximum atomic E-state index is 12.4. The van der Waals surface area contributed by atoms with E-state index < -0.39 is 17.2 Å². The van der Waals surface area contributed by atoms with Crippen molar-refractivity contribution in [3.05, 3.63) is 12.2 Å². The minimum absolute atomic E-state index is 0.00667. The smallest absolute Gasteiger partial charge is 0.306 e. The van der Waals surface area contributed by atoms with Crippen LogP contribution in [-0.2, 0) is 14.3 Å². The van der Waals surface area contributed by atoms with E-state index in [1.54, 1.807) is 6.92 Å². The Kier molecular flexibility index (Phi) is 2.89. The summed E-state index contributed by atoms with van der Waals surface area (Å²) in [5.41, 5.74) is -2.10. The van der Waals surface area contributed by atoms with Crippen LogP contribution in [0.2, 0.25) is 0 Å². The molecule has 2 aliphatic rings. The van der Waals surface area contributed by atoms with E-state index >= 15 is 0 Å². The number of hydrogen-bond donors (Lipinski definition) is 1. The first-order chi connectivity index (χ1) is 8.21. The summed E-state index contributed by atoms with van der Waals surface area (Å²) in [5, 5.41) is 8.93. The van der Waals surface area contributed by atoms with Crippen molar-refractivity contribution >= 4 is 11.8 Å². The Bertz CT molecular complexity index is 424. The van der Waals surface area contributed by atoms with Crippen LogP contribution in [0.15, 0.2) is 12.2 Å². The lowest BCUT2D eigenvalue weighted by atomic mass is 9.67. The number of ether oxygens (including phenoxy) is 1. The average Bonchev–Trinajstić information content (AvgIpc) is 2.43. The van der Waals surface area contributed by atoms with Gasteiger partial charge in [-0.15, -0.1) is 0 Å². The summed E-state index contributed by atoms with van der Waals surface area (Å²) in [5.74, 6) is -0.924. The lowest BCUT2D eigenvalue weighted by Crippen LogP contribution is -2.50. The van der Waals surface area contributed by atoms with Crippen LogP contribution in [0.4, 0.5) is 0 Å². The van der Waals surface area contributed by atoms with Crippen LogP contribution in [0.3, 0.4) is 0 Å². The maximum Gasteiger partial charge on any atom is 0.306 e. The van der Waals surface area contributed by atoms with E-state index in [4.69, 9.17) is 9.84 Å². The normalized spacial score (nSPS) is 38.3. The Morgan fingerprint density at radius 1 is 1.44 bits per heavy atom. The molecule has 2 atom stereocenters. The molecular weight excluding hydrogens is 232 g/mol. The number of allylic oxidation sites excluding steroid dienone is 1. The highest BCUT2D eigenvalue weighted by Crippen LogP contribution is 2.51. The van der Waals surface area contributed by atoms with Gasteiger partial charge in [0, 0.05) is 11.8 Å². The van der Waals surface area contributed by atoms with Crippen molar-refractivity contribution in [1.82, 2.24) is 0 Å². The van der Waals surface area contributed by atoms with Crippen LogP contribution >= 0.6 is 0 Å². The van der Waals surface area contributed by atoms with Crippen LogP contribution in [-0.4, -0.2) is 28.1 Å². The first-order valence-electron chi connectivity index (χ1n) is 6.34. The van der Waals surface area contributed by atoms with E-state index in [1.165, 1.54) is 0 Å². The molecule has 2 rings (SSSR count). The van der Waals surface area contributed by atoms with Crippen molar-refractivity contribution in [3.63, 3.8) is 0 Å². The second-order valence-corrected chi connectivity index (χ2v) is 6.28. The Hall–Kier alpha value is -1.16. The number of carbonyl (C=O) groups is 2. The van der Waals surface area contributed by atoms with Crippen molar-refractivity contribution in [2.24, 2.45) is 5.41 Å². The van der Waals surface area contributed by atoms with Crippen LogP contribution in [0.5, 0.6) is 0 Å². The zero-order valence-electron chi connectivity index (χ0n) is 11.2. The van der Waals surface area contributed by atoms with Crippen molar-refractivity contribution in [3.8, 4) is 0 Å². The molecule has 2 unspecified atom stereocenters. The fourth-order valence-electron chi connectivity index (χ4n) is 3.12. The van der Waals surface area contributed by atoms with Crippen molar-refractivity contribution in [2.75, 3.05) is 0 Å². The zero-order chi connectivity index (χ0) is 13.6. The molecule has 1 heterocycles. The number of carbonyl (C=O) groups excluding carboxylic acids is 1. The minimum Gasteiger partial charge on any atom is -0.481 e. The van der Waals surface area contributed by atoms with Crippen molar-refractivity contribution in [2.45, 2.75) is 57.7 Å². The molecule has 100 valence electrons. The Morgan fingerprint density at radius 2 is 2.11 bits per heavy atom. The van der Waals surface area contributed by atoms with Gasteiger partial charge in [0.05, 0.1) is 12.0 Å². The van der Waals surface area contributed by atoms with Crippen LogP contribution in [0.1, 0.15) is 46.5 Å². The Morgan fingerprint density at radius 3 is 2.67 bits per heavy atom. The third kappa shape index (κ3) is 1.88. The molecule has 0 saturated carbocycles. The molecule has 4 nitrogen and oxygen atoms in total. The highest BCUT2D eigenvalue weighted by Gasteiger charge is 2.60. The molecule has 1 saturated heterocycles. The van der Waals surface area contributed by atoms with Gasteiger partial charge in [0.1, 0.15) is 0 Å². The predicted molar refractivity (Wildman–Crippen MR) is 66.3 cm³/mol. The van der Waals surface area contributed by atoms with Gasteiger partial charge in [-0.2, -0.15) is 0 Å². The Labute approximate surface area is 107 Å². The van der Waals surface area contributed by atoms with Crippen LogP contribution in [0, 0.1) is 5.41 Å². The van der Waals surface area contributed by atoms with Crippen molar-refractivity contribution < 1.29 is 19.4 Å². The van der Waals surface area contributed by atoms with Gasteiger partial charge in [-0.1, -0.05) is 19.9 Å². The third-order valence-corrected chi connectivity index (χ3v) is 4.18. The quantitative estimate of drug-likeness (QED) is 0.766. The van der Waals surface area contributed by atoms with Crippen LogP contribution in [0.25, 0.3) is 0 Å². The topological polar surface area (TPSA) is 63.6 Å². The minimum atomic E-state index is -0.935. The molecule has 0 bridgehead atoms. The van der Waals surface area contributed by atoms with E-state index in [9.17, 15) is 9.59 Å². The van der Waals surface area contributed by atoms with Gasteiger partial charge < -0.3 is 9.84 Å². The van der Waals surface area contributed by atoms with Gasteiger partial charge in [0.15, 0.2) is 11.4 Å². The highest BCUT2D eigenvalue weighted by atomic mass is 16.5. The summed E-state index contributed by atoms with van der Waals surface area (Å²) in [6.07, 6.45) is 5.65. The third-order valence-electron chi connectivity index (χ3n) is 4.18. The van der Waals surface area contributed by atoms with Gasteiger partial charge in [0.25, 0.3) is 0 Å². The first kappa shape index (κ1) is 13.3. The summed E-state index contributed by atoms with van der Waals surface area (Å²) in [6, 6.07) is 0. The molecule has 1 aliphatic heterocycles.